The van der Waals surface area contributed by atoms with Crippen LogP contribution in [-0.2, 0) is 28.3 Å². The molecular formula is C23H42O6Si. The Balaban J connectivity index is 4.54. The maximum Gasteiger partial charge on any atom is 0.331 e. The molecular weight excluding hydrogens is 400 g/mol. The topological polar surface area (TPSA) is 78.9 Å². The van der Waals surface area contributed by atoms with Gasteiger partial charge in [-0.05, 0) is 24.6 Å². The van der Waals surface area contributed by atoms with Gasteiger partial charge in [0.2, 0.25) is 0 Å². The van der Waals surface area contributed by atoms with Gasteiger partial charge in [-0.15, -0.1) is 0 Å². The lowest BCUT2D eigenvalue weighted by Crippen LogP contribution is -2.40. The molecule has 0 N–H and O–H groups in total. The highest BCUT2D eigenvalue weighted by molar-refractivity contribution is 6.75. The molecule has 7 heteroatoms. The Labute approximate surface area is 183 Å². The highest BCUT2D eigenvalue weighted by Crippen LogP contribution is 2.30. The summed E-state index contributed by atoms with van der Waals surface area (Å²) in [6.45, 7) is 8.76. The van der Waals surface area contributed by atoms with Crippen molar-refractivity contribution in [1.82, 2.24) is 0 Å². The number of rotatable bonds is 18. The van der Waals surface area contributed by atoms with E-state index in [1.165, 1.54) is 0 Å². The minimum absolute atomic E-state index is 0.0413. The van der Waals surface area contributed by atoms with Crippen LogP contribution >= 0.6 is 0 Å². The van der Waals surface area contributed by atoms with Crippen molar-refractivity contribution in [3.8, 4) is 0 Å². The first-order valence-corrected chi connectivity index (χ1v) is 14.2. The molecule has 0 aliphatic carbocycles. The van der Waals surface area contributed by atoms with Crippen molar-refractivity contribution in [3.63, 3.8) is 0 Å². The molecule has 0 bridgehead atoms. The standard InChI is InChI=1S/C23H42O6Si/c1-5-9-16-27-21(24)13-14-22(25)28-17-15-23(26)29-30(18-10-6-2,19-11-7-3)20-12-8-4/h13-14H,5-12,15-20H2,1-4H3/b14-13+. The summed E-state index contributed by atoms with van der Waals surface area (Å²) in [7, 11) is -2.11. The summed E-state index contributed by atoms with van der Waals surface area (Å²) in [6.07, 6.45) is 10.4. The Bertz CT molecular complexity index is 496. The highest BCUT2D eigenvalue weighted by atomic mass is 28.4. The first-order valence-electron chi connectivity index (χ1n) is 11.7. The lowest BCUT2D eigenvalue weighted by molar-refractivity contribution is -0.143. The van der Waals surface area contributed by atoms with Crippen LogP contribution in [0.3, 0.4) is 0 Å². The molecule has 0 aromatic carbocycles. The van der Waals surface area contributed by atoms with Gasteiger partial charge in [-0.1, -0.05) is 72.6 Å². The Kier molecular flexibility index (Phi) is 17.2. The monoisotopic (exact) mass is 442 g/mol. The van der Waals surface area contributed by atoms with E-state index in [1.807, 2.05) is 6.92 Å². The maximum atomic E-state index is 12.5. The summed E-state index contributed by atoms with van der Waals surface area (Å²) in [5, 5.41) is 0. The van der Waals surface area contributed by atoms with Gasteiger partial charge >= 0.3 is 11.9 Å². The fourth-order valence-corrected chi connectivity index (χ4v) is 7.74. The molecule has 0 radical (unpaired) electrons. The van der Waals surface area contributed by atoms with E-state index in [9.17, 15) is 14.4 Å². The molecule has 0 amide bonds. The van der Waals surface area contributed by atoms with Gasteiger partial charge < -0.3 is 13.9 Å². The Hall–Kier alpha value is -1.63. The second-order valence-corrected chi connectivity index (χ2v) is 11.8. The van der Waals surface area contributed by atoms with Crippen LogP contribution in [0.5, 0.6) is 0 Å². The third-order valence-corrected chi connectivity index (χ3v) is 9.39. The predicted octanol–water partition coefficient (Wildman–Crippen LogP) is 5.71. The molecule has 0 saturated heterocycles. The number of unbranched alkanes of at least 4 members (excludes halogenated alkanes) is 4. The van der Waals surface area contributed by atoms with Gasteiger partial charge in [-0.3, -0.25) is 4.79 Å². The molecule has 0 fully saturated rings. The van der Waals surface area contributed by atoms with E-state index in [0.717, 1.165) is 81.7 Å². The number of hydrogen-bond donors (Lipinski definition) is 0. The second-order valence-electron chi connectivity index (χ2n) is 7.74. The molecule has 0 aromatic rings. The van der Waals surface area contributed by atoms with Crippen LogP contribution in [0.2, 0.25) is 18.1 Å². The third kappa shape index (κ3) is 14.4. The highest BCUT2D eigenvalue weighted by Gasteiger charge is 2.36. The van der Waals surface area contributed by atoms with Crippen LogP contribution in [0.25, 0.3) is 0 Å². The molecule has 0 aromatic heterocycles. The number of carbonyl (C=O) groups is 3. The summed E-state index contributed by atoms with van der Waals surface area (Å²) in [4.78, 5) is 35.6. The largest absolute Gasteiger partial charge is 0.519 e. The molecule has 0 saturated carbocycles. The van der Waals surface area contributed by atoms with E-state index in [-0.39, 0.29) is 19.0 Å². The van der Waals surface area contributed by atoms with Crippen LogP contribution in [-0.4, -0.2) is 39.4 Å². The quantitative estimate of drug-likeness (QED) is 0.117. The van der Waals surface area contributed by atoms with E-state index in [1.54, 1.807) is 0 Å². The molecule has 0 rings (SSSR count). The van der Waals surface area contributed by atoms with E-state index >= 15 is 0 Å². The number of ether oxygens (including phenoxy) is 2. The van der Waals surface area contributed by atoms with E-state index in [2.05, 4.69) is 20.8 Å². The molecule has 6 nitrogen and oxygen atoms in total. The van der Waals surface area contributed by atoms with Crippen molar-refractivity contribution in [2.45, 2.75) is 104 Å². The van der Waals surface area contributed by atoms with Crippen molar-refractivity contribution >= 4 is 26.2 Å². The molecule has 0 aliphatic rings. The summed E-state index contributed by atoms with van der Waals surface area (Å²) >= 11 is 0. The minimum Gasteiger partial charge on any atom is -0.519 e. The lowest BCUT2D eigenvalue weighted by Gasteiger charge is -2.31. The molecule has 0 heterocycles. The Morgan fingerprint density at radius 3 is 1.53 bits per heavy atom. The van der Waals surface area contributed by atoms with Crippen LogP contribution in [0, 0.1) is 0 Å². The number of esters is 2. The van der Waals surface area contributed by atoms with Crippen LogP contribution in [0.4, 0.5) is 0 Å². The molecule has 174 valence electrons. The van der Waals surface area contributed by atoms with Gasteiger partial charge in [0.25, 0.3) is 14.3 Å². The first kappa shape index (κ1) is 28.4. The maximum absolute atomic E-state index is 12.5. The van der Waals surface area contributed by atoms with Crippen molar-refractivity contribution in [2.75, 3.05) is 13.2 Å². The Morgan fingerprint density at radius 1 is 0.667 bits per heavy atom. The zero-order valence-corrected chi connectivity index (χ0v) is 20.5. The van der Waals surface area contributed by atoms with Crippen molar-refractivity contribution in [2.24, 2.45) is 0 Å². The van der Waals surface area contributed by atoms with E-state index in [4.69, 9.17) is 13.9 Å². The van der Waals surface area contributed by atoms with E-state index in [0.29, 0.717) is 6.61 Å². The molecule has 0 aliphatic heterocycles. The zero-order valence-electron chi connectivity index (χ0n) is 19.5. The summed E-state index contributed by atoms with van der Waals surface area (Å²) < 4.78 is 16.0. The van der Waals surface area contributed by atoms with Gasteiger partial charge in [-0.2, -0.15) is 0 Å². The normalized spacial score (nSPS) is 11.5. The minimum atomic E-state index is -2.11. The van der Waals surface area contributed by atoms with Crippen molar-refractivity contribution in [1.29, 1.82) is 0 Å². The van der Waals surface area contributed by atoms with Crippen LogP contribution < -0.4 is 0 Å². The molecule has 0 atom stereocenters. The second kappa shape index (κ2) is 18.2. The summed E-state index contributed by atoms with van der Waals surface area (Å²) in [5.41, 5.74) is 0. The molecule has 30 heavy (non-hydrogen) atoms. The molecule has 0 spiro atoms. The summed E-state index contributed by atoms with van der Waals surface area (Å²) in [5.74, 6) is -1.51. The fourth-order valence-electron chi connectivity index (χ4n) is 3.10. The Morgan fingerprint density at radius 2 is 1.10 bits per heavy atom. The van der Waals surface area contributed by atoms with E-state index < -0.39 is 20.3 Å². The van der Waals surface area contributed by atoms with Gasteiger partial charge in [0.15, 0.2) is 0 Å². The smallest absolute Gasteiger partial charge is 0.331 e. The first-order chi connectivity index (χ1) is 14.4. The predicted molar refractivity (Wildman–Crippen MR) is 122 cm³/mol. The fraction of sp³-hybridized carbons (Fsp3) is 0.783. The zero-order chi connectivity index (χ0) is 22.7. The molecule has 0 unspecified atom stereocenters. The van der Waals surface area contributed by atoms with Gasteiger partial charge in [0, 0.05) is 12.2 Å². The van der Waals surface area contributed by atoms with Crippen LogP contribution in [0.1, 0.15) is 85.5 Å². The van der Waals surface area contributed by atoms with Crippen molar-refractivity contribution in [3.05, 3.63) is 12.2 Å². The number of carbonyl (C=O) groups excluding carboxylic acids is 3. The lowest BCUT2D eigenvalue weighted by atomic mass is 10.4. The summed E-state index contributed by atoms with van der Waals surface area (Å²) in [6, 6.07) is 3.04. The van der Waals surface area contributed by atoms with Crippen molar-refractivity contribution < 1.29 is 28.3 Å². The van der Waals surface area contributed by atoms with Crippen LogP contribution in [0.15, 0.2) is 12.2 Å². The van der Waals surface area contributed by atoms with Gasteiger partial charge in [-0.25, -0.2) is 9.59 Å². The van der Waals surface area contributed by atoms with Gasteiger partial charge in [0.05, 0.1) is 13.0 Å². The SMILES string of the molecule is CCCCOC(=O)/C=C/C(=O)OCCC(=O)O[Si](CCCC)(CCCC)CCCC. The average molecular weight is 443 g/mol. The average Bonchev–Trinajstić information content (AvgIpc) is 2.73. The third-order valence-electron chi connectivity index (χ3n) is 4.94. The number of hydrogen-bond acceptors (Lipinski definition) is 6. The van der Waals surface area contributed by atoms with Gasteiger partial charge in [0.1, 0.15) is 6.61 Å².